The third kappa shape index (κ3) is 5.16. The van der Waals surface area contributed by atoms with Gasteiger partial charge in [0.1, 0.15) is 4.34 Å². The van der Waals surface area contributed by atoms with Gasteiger partial charge in [-0.05, 0) is 26.4 Å². The highest BCUT2D eigenvalue weighted by molar-refractivity contribution is 8.01. The molecular weight excluding hydrogens is 272 g/mol. The highest BCUT2D eigenvalue weighted by Crippen LogP contribution is 2.27. The molecule has 0 amide bonds. The molecule has 0 aliphatic heterocycles. The van der Waals surface area contributed by atoms with Crippen molar-refractivity contribution in [2.75, 3.05) is 31.3 Å². The summed E-state index contributed by atoms with van der Waals surface area (Å²) < 4.78 is 1.19. The van der Waals surface area contributed by atoms with Gasteiger partial charge in [0.25, 0.3) is 0 Å². The van der Waals surface area contributed by atoms with Gasteiger partial charge in [0.2, 0.25) is 0 Å². The van der Waals surface area contributed by atoms with Crippen molar-refractivity contribution in [2.24, 2.45) is 0 Å². The molecular formula is C12H21ClN2S2. The highest BCUT2D eigenvalue weighted by atomic mass is 35.5. The van der Waals surface area contributed by atoms with Crippen LogP contribution in [0.4, 0.5) is 0 Å². The van der Waals surface area contributed by atoms with Crippen LogP contribution in [0, 0.1) is 6.92 Å². The molecule has 0 aromatic carbocycles. The molecule has 0 aliphatic carbocycles. The van der Waals surface area contributed by atoms with Gasteiger partial charge in [-0.2, -0.15) is 0 Å². The molecule has 1 rings (SSSR count). The summed E-state index contributed by atoms with van der Waals surface area (Å²) in [6.45, 7) is 9.89. The van der Waals surface area contributed by atoms with E-state index in [-0.39, 0.29) is 0 Å². The van der Waals surface area contributed by atoms with E-state index < -0.39 is 0 Å². The van der Waals surface area contributed by atoms with E-state index in [2.05, 4.69) is 30.7 Å². The Bertz CT molecular complexity index is 324. The number of aryl methyl sites for hydroxylation is 2. The summed E-state index contributed by atoms with van der Waals surface area (Å²) in [6.07, 6.45) is 0.946. The zero-order valence-corrected chi connectivity index (χ0v) is 13.2. The maximum atomic E-state index is 5.77. The molecule has 17 heavy (non-hydrogen) atoms. The van der Waals surface area contributed by atoms with Crippen LogP contribution in [-0.4, -0.2) is 41.2 Å². The maximum Gasteiger partial charge on any atom is 0.150 e. The minimum atomic E-state index is 0.687. The number of thioether (sulfide) groups is 1. The van der Waals surface area contributed by atoms with E-state index in [4.69, 9.17) is 11.6 Å². The topological polar surface area (TPSA) is 16.1 Å². The Balaban J connectivity index is 2.38. The van der Waals surface area contributed by atoms with Gasteiger partial charge < -0.3 is 4.90 Å². The molecule has 0 radical (unpaired) electrons. The van der Waals surface area contributed by atoms with Crippen molar-refractivity contribution >= 4 is 34.7 Å². The molecule has 98 valence electrons. The molecule has 0 saturated heterocycles. The van der Waals surface area contributed by atoms with Crippen LogP contribution in [0.1, 0.15) is 24.4 Å². The average molecular weight is 293 g/mol. The Morgan fingerprint density at radius 1 is 1.35 bits per heavy atom. The van der Waals surface area contributed by atoms with Crippen molar-refractivity contribution in [3.63, 3.8) is 0 Å². The Morgan fingerprint density at radius 3 is 2.65 bits per heavy atom. The monoisotopic (exact) mass is 292 g/mol. The normalized spacial score (nSPS) is 11.4. The van der Waals surface area contributed by atoms with Gasteiger partial charge in [0, 0.05) is 23.1 Å². The second kappa shape index (κ2) is 8.35. The predicted molar refractivity (Wildman–Crippen MR) is 79.8 cm³/mol. The third-order valence-electron chi connectivity index (χ3n) is 2.72. The van der Waals surface area contributed by atoms with Crippen LogP contribution < -0.4 is 0 Å². The number of hydrogen-bond donors (Lipinski definition) is 0. The summed E-state index contributed by atoms with van der Waals surface area (Å²) in [6, 6.07) is 0. The molecule has 0 aliphatic rings. The van der Waals surface area contributed by atoms with Crippen molar-refractivity contribution in [1.82, 2.24) is 9.88 Å². The summed E-state index contributed by atoms with van der Waals surface area (Å²) >= 11 is 9.43. The van der Waals surface area contributed by atoms with Crippen LogP contribution in [0.3, 0.4) is 0 Å². The predicted octanol–water partition coefficient (Wildman–Crippen LogP) is 3.67. The summed E-state index contributed by atoms with van der Waals surface area (Å²) in [5.41, 5.74) is 1.15. The molecule has 2 nitrogen and oxygen atoms in total. The minimum Gasteiger partial charge on any atom is -0.303 e. The number of alkyl halides is 1. The SMILES string of the molecule is CCN(CC)CCSc1nc(C)c(CCCl)s1. The fraction of sp³-hybridized carbons (Fsp3) is 0.750. The van der Waals surface area contributed by atoms with E-state index in [0.717, 1.165) is 37.5 Å². The summed E-state index contributed by atoms with van der Waals surface area (Å²) in [5.74, 6) is 1.81. The standard InChI is InChI=1S/C12H21ClN2S2/c1-4-15(5-2)8-9-16-12-14-10(3)11(17-12)6-7-13/h4-9H2,1-3H3. The second-order valence-corrected chi connectivity index (χ2v) is 6.61. The van der Waals surface area contributed by atoms with E-state index in [1.54, 1.807) is 11.3 Å². The van der Waals surface area contributed by atoms with Crippen LogP contribution >= 0.6 is 34.7 Å². The third-order valence-corrected chi connectivity index (χ3v) is 5.25. The minimum absolute atomic E-state index is 0.687. The van der Waals surface area contributed by atoms with E-state index in [0.29, 0.717) is 5.88 Å². The van der Waals surface area contributed by atoms with Crippen LogP contribution in [0.15, 0.2) is 4.34 Å². The second-order valence-electron chi connectivity index (χ2n) is 3.80. The number of aromatic nitrogens is 1. The van der Waals surface area contributed by atoms with Gasteiger partial charge in [-0.25, -0.2) is 4.98 Å². The Morgan fingerprint density at radius 2 is 2.06 bits per heavy atom. The van der Waals surface area contributed by atoms with Crippen LogP contribution in [-0.2, 0) is 6.42 Å². The smallest absolute Gasteiger partial charge is 0.150 e. The van der Waals surface area contributed by atoms with Gasteiger partial charge in [0.05, 0.1) is 5.69 Å². The number of hydrogen-bond acceptors (Lipinski definition) is 4. The van der Waals surface area contributed by atoms with Crippen molar-refractivity contribution < 1.29 is 0 Å². The van der Waals surface area contributed by atoms with E-state index in [1.165, 1.54) is 9.22 Å². The van der Waals surface area contributed by atoms with E-state index >= 15 is 0 Å². The quantitative estimate of drug-likeness (QED) is 0.537. The molecule has 5 heteroatoms. The molecule has 0 atom stereocenters. The first kappa shape index (κ1) is 15.3. The Labute approximate surface area is 118 Å². The fourth-order valence-electron chi connectivity index (χ4n) is 1.58. The van der Waals surface area contributed by atoms with Gasteiger partial charge >= 0.3 is 0 Å². The zero-order chi connectivity index (χ0) is 12.7. The number of halogens is 1. The molecule has 0 saturated carbocycles. The lowest BCUT2D eigenvalue weighted by atomic mass is 10.3. The van der Waals surface area contributed by atoms with Crippen molar-refractivity contribution in [3.8, 4) is 0 Å². The van der Waals surface area contributed by atoms with Gasteiger partial charge in [-0.1, -0.05) is 25.6 Å². The molecule has 1 aromatic rings. The van der Waals surface area contributed by atoms with Crippen LogP contribution in [0.5, 0.6) is 0 Å². The van der Waals surface area contributed by atoms with Crippen LogP contribution in [0.2, 0.25) is 0 Å². The molecule has 1 aromatic heterocycles. The lowest BCUT2D eigenvalue weighted by molar-refractivity contribution is 0.324. The Hall–Kier alpha value is 0.230. The summed E-state index contributed by atoms with van der Waals surface area (Å²) in [4.78, 5) is 8.36. The zero-order valence-electron chi connectivity index (χ0n) is 10.8. The van der Waals surface area contributed by atoms with Gasteiger partial charge in [-0.15, -0.1) is 22.9 Å². The molecule has 1 heterocycles. The maximum absolute atomic E-state index is 5.77. The highest BCUT2D eigenvalue weighted by Gasteiger charge is 2.08. The van der Waals surface area contributed by atoms with Crippen molar-refractivity contribution in [3.05, 3.63) is 10.6 Å². The molecule has 0 unspecified atom stereocenters. The molecule has 0 spiro atoms. The number of thiazole rings is 1. The lowest BCUT2D eigenvalue weighted by Crippen LogP contribution is -2.25. The Kier molecular flexibility index (Phi) is 7.51. The molecule has 0 N–H and O–H groups in total. The first-order chi connectivity index (χ1) is 8.21. The van der Waals surface area contributed by atoms with Gasteiger partial charge in [-0.3, -0.25) is 0 Å². The number of nitrogens with zero attached hydrogens (tertiary/aromatic N) is 2. The van der Waals surface area contributed by atoms with Gasteiger partial charge in [0.15, 0.2) is 0 Å². The van der Waals surface area contributed by atoms with E-state index in [1.807, 2.05) is 11.8 Å². The molecule has 0 fully saturated rings. The van der Waals surface area contributed by atoms with Crippen molar-refractivity contribution in [1.29, 1.82) is 0 Å². The number of rotatable bonds is 8. The summed E-state index contributed by atoms with van der Waals surface area (Å²) in [7, 11) is 0. The van der Waals surface area contributed by atoms with Crippen molar-refractivity contribution in [2.45, 2.75) is 31.5 Å². The average Bonchev–Trinajstić information content (AvgIpc) is 2.66. The summed E-state index contributed by atoms with van der Waals surface area (Å²) in [5, 5.41) is 0. The van der Waals surface area contributed by atoms with E-state index in [9.17, 15) is 0 Å². The fourth-order valence-corrected chi connectivity index (χ4v) is 4.19. The van der Waals surface area contributed by atoms with Crippen LogP contribution in [0.25, 0.3) is 0 Å². The molecule has 0 bridgehead atoms. The first-order valence-electron chi connectivity index (χ1n) is 6.08. The first-order valence-corrected chi connectivity index (χ1v) is 8.42. The largest absolute Gasteiger partial charge is 0.303 e. The lowest BCUT2D eigenvalue weighted by Gasteiger charge is -2.16.